The van der Waals surface area contributed by atoms with Gasteiger partial charge in [-0.05, 0) is 42.8 Å². The highest BCUT2D eigenvalue weighted by atomic mass is 19.1. The molecule has 1 amide bonds. The number of aromatic nitrogens is 5. The minimum absolute atomic E-state index is 0.00412. The zero-order valence-electron chi connectivity index (χ0n) is 21.9. The van der Waals surface area contributed by atoms with Gasteiger partial charge in [-0.2, -0.15) is 5.10 Å². The molecular formula is C30H22FN7O3. The molecule has 3 N–H and O–H groups in total. The van der Waals surface area contributed by atoms with Gasteiger partial charge in [0.2, 0.25) is 5.43 Å². The van der Waals surface area contributed by atoms with Crippen molar-refractivity contribution in [3.63, 3.8) is 0 Å². The average molecular weight is 548 g/mol. The lowest BCUT2D eigenvalue weighted by atomic mass is 9.97. The highest BCUT2D eigenvalue weighted by Crippen LogP contribution is 2.31. The molecule has 0 fully saturated rings. The molecule has 41 heavy (non-hydrogen) atoms. The number of benzene rings is 2. The molecule has 4 heterocycles. The van der Waals surface area contributed by atoms with Crippen molar-refractivity contribution in [2.24, 2.45) is 7.05 Å². The largest absolute Gasteiger partial charge is 0.458 e. The fourth-order valence-electron chi connectivity index (χ4n) is 4.66. The molecule has 11 heteroatoms. The van der Waals surface area contributed by atoms with E-state index in [2.05, 4.69) is 32.3 Å². The highest BCUT2D eigenvalue weighted by Gasteiger charge is 2.26. The van der Waals surface area contributed by atoms with Crippen LogP contribution in [0.1, 0.15) is 40.2 Å². The van der Waals surface area contributed by atoms with E-state index in [-0.39, 0.29) is 39.3 Å². The molecule has 202 valence electrons. The Bertz CT molecular complexity index is 2100. The van der Waals surface area contributed by atoms with Gasteiger partial charge >= 0.3 is 0 Å². The molecule has 10 nitrogen and oxygen atoms in total. The predicted octanol–water partition coefficient (Wildman–Crippen LogP) is 3.85. The Morgan fingerprint density at radius 2 is 2.00 bits per heavy atom. The van der Waals surface area contributed by atoms with E-state index in [0.717, 1.165) is 0 Å². The van der Waals surface area contributed by atoms with Gasteiger partial charge in [0.1, 0.15) is 22.7 Å². The summed E-state index contributed by atoms with van der Waals surface area (Å²) in [4.78, 5) is 31.7. The van der Waals surface area contributed by atoms with E-state index in [4.69, 9.17) is 10.2 Å². The van der Waals surface area contributed by atoms with Crippen LogP contribution in [-0.4, -0.2) is 30.3 Å². The van der Waals surface area contributed by atoms with E-state index in [0.29, 0.717) is 16.7 Å². The predicted molar refractivity (Wildman–Crippen MR) is 150 cm³/mol. The van der Waals surface area contributed by atoms with Crippen molar-refractivity contribution >= 4 is 28.3 Å². The molecule has 4 aromatic heterocycles. The van der Waals surface area contributed by atoms with Crippen molar-refractivity contribution in [3.8, 4) is 23.0 Å². The van der Waals surface area contributed by atoms with Gasteiger partial charge in [-0.25, -0.2) is 13.9 Å². The Hall–Kier alpha value is -5.76. The lowest BCUT2D eigenvalue weighted by molar-refractivity contribution is 0.0938. The number of halogens is 1. The Morgan fingerprint density at radius 1 is 1.17 bits per heavy atom. The first-order valence-corrected chi connectivity index (χ1v) is 12.6. The van der Waals surface area contributed by atoms with Crippen LogP contribution in [0.15, 0.2) is 82.5 Å². The highest BCUT2D eigenvalue weighted by molar-refractivity contribution is 6.04. The van der Waals surface area contributed by atoms with Crippen LogP contribution in [0.2, 0.25) is 0 Å². The van der Waals surface area contributed by atoms with Crippen LogP contribution in [0.3, 0.4) is 0 Å². The fourth-order valence-corrected chi connectivity index (χ4v) is 4.66. The second-order valence-corrected chi connectivity index (χ2v) is 9.36. The van der Waals surface area contributed by atoms with Crippen LogP contribution in [0.25, 0.3) is 27.7 Å². The molecule has 2 aromatic carbocycles. The first-order chi connectivity index (χ1) is 19.8. The van der Waals surface area contributed by atoms with Gasteiger partial charge in [-0.1, -0.05) is 30.0 Å². The molecule has 0 spiro atoms. The summed E-state index contributed by atoms with van der Waals surface area (Å²) in [5.41, 5.74) is 7.75. The number of nitrogens with zero attached hydrogens (tertiary/aromatic N) is 5. The molecule has 0 aliphatic rings. The monoisotopic (exact) mass is 547 g/mol. The third-order valence-corrected chi connectivity index (χ3v) is 6.50. The SMILES string of the molecule is C[C@@H](NC(=O)c1c(N)nn2cccnc12)c1oc2cccc(C#Cc3cnn(C)c3)c2c(=O)c1-c1cccc(F)c1. The van der Waals surface area contributed by atoms with Crippen LogP contribution in [0.4, 0.5) is 10.2 Å². The molecule has 0 saturated carbocycles. The minimum atomic E-state index is -0.832. The number of anilines is 1. The third kappa shape index (κ3) is 4.68. The Balaban J connectivity index is 1.49. The number of nitrogens with one attached hydrogen (secondary N) is 1. The Morgan fingerprint density at radius 3 is 2.78 bits per heavy atom. The number of rotatable bonds is 4. The molecule has 0 bridgehead atoms. The van der Waals surface area contributed by atoms with E-state index < -0.39 is 23.2 Å². The smallest absolute Gasteiger partial charge is 0.259 e. The van der Waals surface area contributed by atoms with Crippen molar-refractivity contribution in [3.05, 3.63) is 112 Å². The van der Waals surface area contributed by atoms with Crippen molar-refractivity contribution in [2.45, 2.75) is 13.0 Å². The maximum atomic E-state index is 14.3. The van der Waals surface area contributed by atoms with E-state index >= 15 is 0 Å². The van der Waals surface area contributed by atoms with Gasteiger partial charge in [-0.15, -0.1) is 5.10 Å². The van der Waals surface area contributed by atoms with Crippen molar-refractivity contribution in [2.75, 3.05) is 5.73 Å². The number of carbonyl (C=O) groups is 1. The van der Waals surface area contributed by atoms with Crippen molar-refractivity contribution < 1.29 is 13.6 Å². The van der Waals surface area contributed by atoms with E-state index in [9.17, 15) is 14.0 Å². The summed E-state index contributed by atoms with van der Waals surface area (Å²) in [5.74, 6) is 5.09. The molecule has 0 aliphatic heterocycles. The first-order valence-electron chi connectivity index (χ1n) is 12.6. The summed E-state index contributed by atoms with van der Waals surface area (Å²) in [6.45, 7) is 1.66. The molecule has 0 saturated heterocycles. The van der Waals surface area contributed by atoms with Gasteiger partial charge in [0.15, 0.2) is 11.5 Å². The maximum Gasteiger partial charge on any atom is 0.259 e. The van der Waals surface area contributed by atoms with Crippen LogP contribution >= 0.6 is 0 Å². The van der Waals surface area contributed by atoms with Crippen LogP contribution < -0.4 is 16.5 Å². The molecule has 6 rings (SSSR count). The van der Waals surface area contributed by atoms with Crippen molar-refractivity contribution in [1.29, 1.82) is 0 Å². The number of carbonyl (C=O) groups excluding carboxylic acids is 1. The summed E-state index contributed by atoms with van der Waals surface area (Å²) >= 11 is 0. The minimum Gasteiger partial charge on any atom is -0.458 e. The van der Waals surface area contributed by atoms with E-state index in [1.54, 1.807) is 67.6 Å². The summed E-state index contributed by atoms with van der Waals surface area (Å²) in [7, 11) is 1.78. The van der Waals surface area contributed by atoms with E-state index in [1.807, 2.05) is 0 Å². The summed E-state index contributed by atoms with van der Waals surface area (Å²) < 4.78 is 23.6. The summed E-state index contributed by atoms with van der Waals surface area (Å²) in [6, 6.07) is 11.5. The van der Waals surface area contributed by atoms with Gasteiger partial charge in [0.25, 0.3) is 5.91 Å². The second-order valence-electron chi connectivity index (χ2n) is 9.36. The number of fused-ring (bicyclic) bond motifs is 2. The number of hydrogen-bond donors (Lipinski definition) is 2. The molecule has 0 aliphatic carbocycles. The van der Waals surface area contributed by atoms with Gasteiger partial charge < -0.3 is 15.5 Å². The molecule has 0 radical (unpaired) electrons. The number of nitrogen functional groups attached to an aromatic ring is 1. The third-order valence-electron chi connectivity index (χ3n) is 6.50. The molecule has 0 unspecified atom stereocenters. The average Bonchev–Trinajstić information content (AvgIpc) is 3.52. The normalized spacial score (nSPS) is 11.8. The van der Waals surface area contributed by atoms with Gasteiger partial charge in [0.05, 0.1) is 28.8 Å². The number of aryl methyl sites for hydroxylation is 1. The van der Waals surface area contributed by atoms with E-state index in [1.165, 1.54) is 28.9 Å². The number of nitrogens with two attached hydrogens (primary N) is 1. The second kappa shape index (κ2) is 10.1. The van der Waals surface area contributed by atoms with Crippen LogP contribution in [-0.2, 0) is 7.05 Å². The lowest BCUT2D eigenvalue weighted by Gasteiger charge is -2.18. The standard InChI is InChI=1S/C30H22FN7O3/c1-17(35-30(40)25-28(32)36-38-13-5-12-33-29(25)38)27-24(20-7-3-8-21(31)14-20)26(39)23-19(6-4-9-22(23)41-27)11-10-18-15-34-37(2)16-18/h3-9,12-17H,1-2H3,(H2,32,36)(H,35,40)/t17-/m1/s1. The summed E-state index contributed by atoms with van der Waals surface area (Å²) in [5, 5.41) is 11.3. The summed E-state index contributed by atoms with van der Waals surface area (Å²) in [6.07, 6.45) is 6.52. The van der Waals surface area contributed by atoms with Gasteiger partial charge in [0, 0.05) is 31.2 Å². The fraction of sp³-hybridized carbons (Fsp3) is 0.100. The van der Waals surface area contributed by atoms with Crippen molar-refractivity contribution in [1.82, 2.24) is 29.7 Å². The number of hydrogen-bond acceptors (Lipinski definition) is 7. The Kier molecular flexibility index (Phi) is 6.28. The molecule has 6 aromatic rings. The van der Waals surface area contributed by atoms with Crippen LogP contribution in [0.5, 0.6) is 0 Å². The van der Waals surface area contributed by atoms with Crippen LogP contribution in [0, 0.1) is 17.7 Å². The maximum absolute atomic E-state index is 14.3. The quantitative estimate of drug-likeness (QED) is 0.320. The zero-order valence-corrected chi connectivity index (χ0v) is 21.9. The Labute approximate surface area is 232 Å². The lowest BCUT2D eigenvalue weighted by Crippen LogP contribution is -2.29. The zero-order chi connectivity index (χ0) is 28.7. The molecule has 1 atom stereocenters. The number of amides is 1. The first kappa shape index (κ1) is 25.5. The topological polar surface area (TPSA) is 133 Å². The molecular weight excluding hydrogens is 525 g/mol. The van der Waals surface area contributed by atoms with Gasteiger partial charge in [-0.3, -0.25) is 14.3 Å².